The van der Waals surface area contributed by atoms with Gasteiger partial charge in [-0.2, -0.15) is 5.10 Å². The average Bonchev–Trinajstić information content (AvgIpc) is 2.95. The minimum Gasteiger partial charge on any atom is -0.273 e. The van der Waals surface area contributed by atoms with Crippen molar-refractivity contribution in [3.63, 3.8) is 0 Å². The Hall–Kier alpha value is -2.27. The summed E-state index contributed by atoms with van der Waals surface area (Å²) in [6, 6.07) is 10.2. The van der Waals surface area contributed by atoms with Crippen molar-refractivity contribution in [1.82, 2.24) is 9.99 Å². The van der Waals surface area contributed by atoms with Crippen LogP contribution in [0.5, 0.6) is 0 Å². The number of carbonyl (C=O) groups excluding carboxylic acids is 1. The molecule has 2 heterocycles. The molecule has 0 radical (unpaired) electrons. The molecule has 0 atom stereocenters. The second-order valence-corrected chi connectivity index (χ2v) is 6.16. The Labute approximate surface area is 145 Å². The lowest BCUT2D eigenvalue weighted by Crippen LogP contribution is -2.22. The molecule has 124 valence electrons. The first kappa shape index (κ1) is 16.6. The van der Waals surface area contributed by atoms with Crippen LogP contribution in [0.15, 0.2) is 41.5 Å². The zero-order chi connectivity index (χ0) is 17.1. The van der Waals surface area contributed by atoms with Gasteiger partial charge in [0, 0.05) is 25.1 Å². The fourth-order valence-corrected chi connectivity index (χ4v) is 2.81. The van der Waals surface area contributed by atoms with Crippen molar-refractivity contribution in [3.05, 3.63) is 64.2 Å². The maximum atomic E-state index is 13.4. The van der Waals surface area contributed by atoms with Crippen LogP contribution in [-0.4, -0.2) is 28.2 Å². The lowest BCUT2D eigenvalue weighted by Gasteiger charge is -2.13. The SMILES string of the molecule is Cc1cccc(C(Cc2ccc(F)c(Cl)c2)=NN2CCCC2=O)n1. The van der Waals surface area contributed by atoms with E-state index >= 15 is 0 Å². The Morgan fingerprint density at radius 3 is 2.88 bits per heavy atom. The van der Waals surface area contributed by atoms with Gasteiger partial charge in [0.25, 0.3) is 0 Å². The van der Waals surface area contributed by atoms with Gasteiger partial charge in [0.1, 0.15) is 5.82 Å². The van der Waals surface area contributed by atoms with Gasteiger partial charge < -0.3 is 0 Å². The van der Waals surface area contributed by atoms with Crippen molar-refractivity contribution in [3.8, 4) is 0 Å². The van der Waals surface area contributed by atoms with Gasteiger partial charge in [-0.05, 0) is 43.2 Å². The van der Waals surface area contributed by atoms with Crippen molar-refractivity contribution < 1.29 is 9.18 Å². The van der Waals surface area contributed by atoms with E-state index in [9.17, 15) is 9.18 Å². The zero-order valence-corrected chi connectivity index (χ0v) is 14.1. The molecule has 1 saturated heterocycles. The Morgan fingerprint density at radius 2 is 2.21 bits per heavy atom. The molecule has 3 rings (SSSR count). The molecule has 24 heavy (non-hydrogen) atoms. The van der Waals surface area contributed by atoms with Gasteiger partial charge in [-0.15, -0.1) is 0 Å². The van der Waals surface area contributed by atoms with Crippen LogP contribution in [0.25, 0.3) is 0 Å². The van der Waals surface area contributed by atoms with E-state index < -0.39 is 5.82 Å². The molecule has 0 saturated carbocycles. The van der Waals surface area contributed by atoms with E-state index in [1.165, 1.54) is 11.1 Å². The molecular weight excluding hydrogens is 329 g/mol. The van der Waals surface area contributed by atoms with Gasteiger partial charge in [0.2, 0.25) is 5.91 Å². The molecular formula is C18H17ClFN3O. The van der Waals surface area contributed by atoms with Gasteiger partial charge in [-0.25, -0.2) is 9.40 Å². The summed E-state index contributed by atoms with van der Waals surface area (Å²) < 4.78 is 13.4. The fourth-order valence-electron chi connectivity index (χ4n) is 2.61. The topological polar surface area (TPSA) is 45.6 Å². The van der Waals surface area contributed by atoms with Crippen LogP contribution >= 0.6 is 11.6 Å². The highest BCUT2D eigenvalue weighted by Gasteiger charge is 2.21. The van der Waals surface area contributed by atoms with Crippen molar-refractivity contribution in [2.24, 2.45) is 5.10 Å². The predicted molar refractivity (Wildman–Crippen MR) is 91.6 cm³/mol. The highest BCUT2D eigenvalue weighted by Crippen LogP contribution is 2.19. The second-order valence-electron chi connectivity index (χ2n) is 5.76. The summed E-state index contributed by atoms with van der Waals surface area (Å²) in [5.74, 6) is -0.445. The number of carbonyl (C=O) groups is 1. The third-order valence-electron chi connectivity index (χ3n) is 3.83. The van der Waals surface area contributed by atoms with Crippen LogP contribution < -0.4 is 0 Å². The van der Waals surface area contributed by atoms with E-state index in [0.717, 1.165) is 17.7 Å². The molecule has 4 nitrogen and oxygen atoms in total. The molecule has 0 bridgehead atoms. The summed E-state index contributed by atoms with van der Waals surface area (Å²) in [6.07, 6.45) is 1.74. The summed E-state index contributed by atoms with van der Waals surface area (Å²) in [7, 11) is 0. The molecule has 1 aromatic carbocycles. The third kappa shape index (κ3) is 3.79. The van der Waals surface area contributed by atoms with Gasteiger partial charge in [-0.1, -0.05) is 23.7 Å². The van der Waals surface area contributed by atoms with Crippen LogP contribution in [0, 0.1) is 12.7 Å². The lowest BCUT2D eigenvalue weighted by atomic mass is 10.1. The van der Waals surface area contributed by atoms with Crippen LogP contribution in [0.4, 0.5) is 4.39 Å². The van der Waals surface area contributed by atoms with E-state index in [1.807, 2.05) is 25.1 Å². The number of aromatic nitrogens is 1. The van der Waals surface area contributed by atoms with Crippen molar-refractivity contribution in [2.75, 3.05) is 6.54 Å². The summed E-state index contributed by atoms with van der Waals surface area (Å²) >= 11 is 5.87. The normalized spacial score (nSPS) is 15.2. The number of aryl methyl sites for hydroxylation is 1. The van der Waals surface area contributed by atoms with E-state index in [1.54, 1.807) is 12.1 Å². The number of nitrogens with zero attached hydrogens (tertiary/aromatic N) is 3. The maximum Gasteiger partial charge on any atom is 0.242 e. The van der Waals surface area contributed by atoms with E-state index in [0.29, 0.717) is 30.8 Å². The van der Waals surface area contributed by atoms with E-state index in [-0.39, 0.29) is 10.9 Å². The quantitative estimate of drug-likeness (QED) is 0.792. The fraction of sp³-hybridized carbons (Fsp3) is 0.278. The lowest BCUT2D eigenvalue weighted by molar-refractivity contribution is -0.127. The number of amides is 1. The number of rotatable bonds is 4. The summed E-state index contributed by atoms with van der Waals surface area (Å²) in [5, 5.41) is 6.08. The number of pyridine rings is 1. The molecule has 0 N–H and O–H groups in total. The molecule has 0 spiro atoms. The van der Waals surface area contributed by atoms with Crippen molar-refractivity contribution >= 4 is 23.2 Å². The van der Waals surface area contributed by atoms with Gasteiger partial charge >= 0.3 is 0 Å². The number of hydrogen-bond acceptors (Lipinski definition) is 3. The Bertz CT molecular complexity index is 807. The van der Waals surface area contributed by atoms with Gasteiger partial charge in [0.05, 0.1) is 16.4 Å². The first-order valence-electron chi connectivity index (χ1n) is 7.79. The number of hydrazone groups is 1. The zero-order valence-electron chi connectivity index (χ0n) is 13.3. The minimum absolute atomic E-state index is 0.0114. The molecule has 0 unspecified atom stereocenters. The molecule has 1 aromatic heterocycles. The molecule has 1 fully saturated rings. The van der Waals surface area contributed by atoms with Crippen molar-refractivity contribution in [2.45, 2.75) is 26.2 Å². The Kier molecular flexibility index (Phi) is 4.90. The first-order valence-corrected chi connectivity index (χ1v) is 8.16. The summed E-state index contributed by atoms with van der Waals surface area (Å²) in [5.41, 5.74) is 3.05. The Balaban J connectivity index is 1.96. The van der Waals surface area contributed by atoms with Crippen LogP contribution in [-0.2, 0) is 11.2 Å². The third-order valence-corrected chi connectivity index (χ3v) is 4.12. The van der Waals surface area contributed by atoms with Gasteiger partial charge in [0.15, 0.2) is 0 Å². The number of hydrogen-bond donors (Lipinski definition) is 0. The van der Waals surface area contributed by atoms with E-state index in [2.05, 4.69) is 10.1 Å². The highest BCUT2D eigenvalue weighted by molar-refractivity contribution is 6.30. The monoisotopic (exact) mass is 345 g/mol. The highest BCUT2D eigenvalue weighted by atomic mass is 35.5. The second kappa shape index (κ2) is 7.09. The summed E-state index contributed by atoms with van der Waals surface area (Å²) in [6.45, 7) is 2.51. The van der Waals surface area contributed by atoms with Crippen molar-refractivity contribution in [1.29, 1.82) is 0 Å². The smallest absolute Gasteiger partial charge is 0.242 e. The van der Waals surface area contributed by atoms with Crippen LogP contribution in [0.1, 0.15) is 29.8 Å². The molecule has 0 aliphatic carbocycles. The van der Waals surface area contributed by atoms with Crippen LogP contribution in [0.2, 0.25) is 5.02 Å². The number of halogens is 2. The predicted octanol–water partition coefficient (Wildman–Crippen LogP) is 3.75. The van der Waals surface area contributed by atoms with Gasteiger partial charge in [-0.3, -0.25) is 9.78 Å². The molecule has 2 aromatic rings. The van der Waals surface area contributed by atoms with Crippen LogP contribution in [0.3, 0.4) is 0 Å². The molecule has 1 amide bonds. The maximum absolute atomic E-state index is 13.4. The number of benzene rings is 1. The largest absolute Gasteiger partial charge is 0.273 e. The molecule has 1 aliphatic rings. The minimum atomic E-state index is -0.456. The average molecular weight is 346 g/mol. The van der Waals surface area contributed by atoms with E-state index in [4.69, 9.17) is 11.6 Å². The molecule has 1 aliphatic heterocycles. The molecule has 6 heteroatoms. The standard InChI is InChI=1S/C18H17ClFN3O/c1-12-4-2-5-16(21-12)17(22-23-9-3-6-18(23)24)11-13-7-8-15(20)14(19)10-13/h2,4-5,7-8,10H,3,6,9,11H2,1H3. The Morgan fingerprint density at radius 1 is 1.38 bits per heavy atom. The first-order chi connectivity index (χ1) is 11.5. The summed E-state index contributed by atoms with van der Waals surface area (Å²) in [4.78, 5) is 16.4.